The molecule has 1 aliphatic rings. The standard InChI is InChI=1S/C15H19N3O4/c1-10(2)14-16-17-15(22-14)12-9-21-6-4-18(12)13(19)7-11-3-5-20-8-11/h3,5,8,10,12H,4,6-7,9H2,1-2H3/t12-/m1/s1. The van der Waals surface area contributed by atoms with E-state index in [0.717, 1.165) is 5.56 Å². The van der Waals surface area contributed by atoms with Crippen LogP contribution in [-0.2, 0) is 16.0 Å². The molecule has 0 N–H and O–H groups in total. The summed E-state index contributed by atoms with van der Waals surface area (Å²) in [5.41, 5.74) is 0.851. The fourth-order valence-corrected chi connectivity index (χ4v) is 2.39. The molecule has 0 spiro atoms. The molecule has 0 radical (unpaired) electrons. The number of rotatable bonds is 4. The smallest absolute Gasteiger partial charge is 0.241 e. The van der Waals surface area contributed by atoms with E-state index in [0.29, 0.717) is 31.5 Å². The molecule has 1 saturated heterocycles. The van der Waals surface area contributed by atoms with Gasteiger partial charge < -0.3 is 18.5 Å². The number of carbonyl (C=O) groups is 1. The molecule has 0 unspecified atom stereocenters. The van der Waals surface area contributed by atoms with E-state index < -0.39 is 0 Å². The lowest BCUT2D eigenvalue weighted by atomic mass is 10.1. The van der Waals surface area contributed by atoms with E-state index in [-0.39, 0.29) is 24.3 Å². The van der Waals surface area contributed by atoms with Crippen LogP contribution in [0.25, 0.3) is 0 Å². The van der Waals surface area contributed by atoms with Crippen molar-refractivity contribution in [3.63, 3.8) is 0 Å². The molecular formula is C15H19N3O4. The highest BCUT2D eigenvalue weighted by molar-refractivity contribution is 5.79. The van der Waals surface area contributed by atoms with Crippen LogP contribution < -0.4 is 0 Å². The molecule has 118 valence electrons. The van der Waals surface area contributed by atoms with E-state index in [1.807, 2.05) is 13.8 Å². The molecule has 3 rings (SSSR count). The van der Waals surface area contributed by atoms with Crippen molar-refractivity contribution in [3.05, 3.63) is 35.9 Å². The van der Waals surface area contributed by atoms with Gasteiger partial charge in [-0.1, -0.05) is 13.8 Å². The number of hydrogen-bond acceptors (Lipinski definition) is 6. The van der Waals surface area contributed by atoms with Gasteiger partial charge in [0, 0.05) is 12.5 Å². The number of amides is 1. The molecule has 0 bridgehead atoms. The Bertz CT molecular complexity index is 621. The molecular weight excluding hydrogens is 286 g/mol. The molecule has 2 aromatic heterocycles. The zero-order valence-corrected chi connectivity index (χ0v) is 12.7. The first-order chi connectivity index (χ1) is 10.6. The van der Waals surface area contributed by atoms with Crippen molar-refractivity contribution in [1.82, 2.24) is 15.1 Å². The van der Waals surface area contributed by atoms with E-state index in [1.165, 1.54) is 0 Å². The third kappa shape index (κ3) is 3.04. The summed E-state index contributed by atoms with van der Waals surface area (Å²) < 4.78 is 16.2. The normalized spacial score (nSPS) is 18.9. The molecule has 7 nitrogen and oxygen atoms in total. The maximum absolute atomic E-state index is 12.5. The minimum Gasteiger partial charge on any atom is -0.472 e. The molecule has 1 fully saturated rings. The predicted octanol–water partition coefficient (Wildman–Crippen LogP) is 1.93. The van der Waals surface area contributed by atoms with Gasteiger partial charge in [0.25, 0.3) is 0 Å². The number of hydrogen-bond donors (Lipinski definition) is 0. The third-order valence-electron chi connectivity index (χ3n) is 3.62. The van der Waals surface area contributed by atoms with Gasteiger partial charge in [-0.25, -0.2) is 0 Å². The largest absolute Gasteiger partial charge is 0.472 e. The molecule has 22 heavy (non-hydrogen) atoms. The van der Waals surface area contributed by atoms with E-state index in [2.05, 4.69) is 10.2 Å². The van der Waals surface area contributed by atoms with Crippen LogP contribution in [0.4, 0.5) is 0 Å². The summed E-state index contributed by atoms with van der Waals surface area (Å²) in [6, 6.07) is 1.46. The topological polar surface area (TPSA) is 81.6 Å². The van der Waals surface area contributed by atoms with Gasteiger partial charge in [0.15, 0.2) is 0 Å². The van der Waals surface area contributed by atoms with Gasteiger partial charge in [-0.15, -0.1) is 10.2 Å². The fourth-order valence-electron chi connectivity index (χ4n) is 2.39. The quantitative estimate of drug-likeness (QED) is 0.858. The number of ether oxygens (including phenoxy) is 1. The Morgan fingerprint density at radius 3 is 3.00 bits per heavy atom. The Morgan fingerprint density at radius 1 is 1.45 bits per heavy atom. The van der Waals surface area contributed by atoms with Crippen LogP contribution in [0, 0.1) is 0 Å². The maximum Gasteiger partial charge on any atom is 0.241 e. The van der Waals surface area contributed by atoms with Crippen LogP contribution in [0.15, 0.2) is 27.4 Å². The Labute approximate surface area is 128 Å². The summed E-state index contributed by atoms with van der Waals surface area (Å²) in [6.07, 6.45) is 3.43. The van der Waals surface area contributed by atoms with Crippen molar-refractivity contribution in [2.75, 3.05) is 19.8 Å². The van der Waals surface area contributed by atoms with Crippen LogP contribution in [0.3, 0.4) is 0 Å². The van der Waals surface area contributed by atoms with Crippen molar-refractivity contribution >= 4 is 5.91 Å². The first-order valence-corrected chi connectivity index (χ1v) is 7.36. The monoisotopic (exact) mass is 305 g/mol. The van der Waals surface area contributed by atoms with Crippen LogP contribution in [0.1, 0.15) is 43.2 Å². The van der Waals surface area contributed by atoms with Gasteiger partial charge >= 0.3 is 0 Å². The van der Waals surface area contributed by atoms with E-state index in [1.54, 1.807) is 23.5 Å². The van der Waals surface area contributed by atoms with Crippen molar-refractivity contribution in [2.24, 2.45) is 0 Å². The highest BCUT2D eigenvalue weighted by Crippen LogP contribution is 2.25. The molecule has 0 aliphatic carbocycles. The lowest BCUT2D eigenvalue weighted by Gasteiger charge is -2.33. The van der Waals surface area contributed by atoms with E-state index in [4.69, 9.17) is 13.6 Å². The van der Waals surface area contributed by atoms with Gasteiger partial charge in [0.05, 0.1) is 32.2 Å². The average Bonchev–Trinajstić information content (AvgIpc) is 3.18. The summed E-state index contributed by atoms with van der Waals surface area (Å²) >= 11 is 0. The van der Waals surface area contributed by atoms with Gasteiger partial charge in [0.2, 0.25) is 17.7 Å². The number of aromatic nitrogens is 2. The maximum atomic E-state index is 12.5. The van der Waals surface area contributed by atoms with Crippen LogP contribution in [-0.4, -0.2) is 40.8 Å². The van der Waals surface area contributed by atoms with E-state index >= 15 is 0 Å². The Balaban J connectivity index is 1.76. The average molecular weight is 305 g/mol. The highest BCUT2D eigenvalue weighted by Gasteiger charge is 2.32. The molecule has 0 aromatic carbocycles. The van der Waals surface area contributed by atoms with Gasteiger partial charge in [-0.05, 0) is 11.6 Å². The second-order valence-electron chi connectivity index (χ2n) is 5.62. The van der Waals surface area contributed by atoms with Crippen LogP contribution >= 0.6 is 0 Å². The van der Waals surface area contributed by atoms with Crippen molar-refractivity contribution < 1.29 is 18.4 Å². The zero-order valence-electron chi connectivity index (χ0n) is 12.7. The van der Waals surface area contributed by atoms with Gasteiger partial charge in [-0.2, -0.15) is 0 Å². The van der Waals surface area contributed by atoms with Crippen LogP contribution in [0.2, 0.25) is 0 Å². The number of carbonyl (C=O) groups excluding carboxylic acids is 1. The molecule has 2 aromatic rings. The SMILES string of the molecule is CC(C)c1nnc([C@H]2COCCN2C(=O)Cc2ccoc2)o1. The number of nitrogens with zero attached hydrogens (tertiary/aromatic N) is 3. The summed E-state index contributed by atoms with van der Waals surface area (Å²) in [7, 11) is 0. The molecule has 0 saturated carbocycles. The highest BCUT2D eigenvalue weighted by atomic mass is 16.5. The second kappa shape index (κ2) is 6.31. The van der Waals surface area contributed by atoms with Gasteiger partial charge in [-0.3, -0.25) is 4.79 Å². The molecule has 3 heterocycles. The molecule has 1 atom stereocenters. The fraction of sp³-hybridized carbons (Fsp3) is 0.533. The zero-order chi connectivity index (χ0) is 15.5. The van der Waals surface area contributed by atoms with Crippen LogP contribution in [0.5, 0.6) is 0 Å². The Kier molecular flexibility index (Phi) is 4.24. The number of morpholine rings is 1. The minimum atomic E-state index is -0.326. The summed E-state index contributed by atoms with van der Waals surface area (Å²) in [5, 5.41) is 8.12. The van der Waals surface area contributed by atoms with Crippen molar-refractivity contribution in [3.8, 4) is 0 Å². The first kappa shape index (κ1) is 14.8. The second-order valence-corrected chi connectivity index (χ2v) is 5.62. The lowest BCUT2D eigenvalue weighted by Crippen LogP contribution is -2.44. The Morgan fingerprint density at radius 2 is 2.32 bits per heavy atom. The molecule has 1 aliphatic heterocycles. The van der Waals surface area contributed by atoms with Gasteiger partial charge in [0.1, 0.15) is 6.04 Å². The minimum absolute atomic E-state index is 0.000929. The summed E-state index contributed by atoms with van der Waals surface area (Å²) in [6.45, 7) is 5.36. The summed E-state index contributed by atoms with van der Waals surface area (Å²) in [4.78, 5) is 14.3. The predicted molar refractivity (Wildman–Crippen MR) is 76.1 cm³/mol. The van der Waals surface area contributed by atoms with E-state index in [9.17, 15) is 4.79 Å². The number of furan rings is 1. The summed E-state index contributed by atoms with van der Waals surface area (Å²) in [5.74, 6) is 1.16. The third-order valence-corrected chi connectivity index (χ3v) is 3.62. The lowest BCUT2D eigenvalue weighted by molar-refractivity contribution is -0.140. The van der Waals surface area contributed by atoms with Crippen molar-refractivity contribution in [1.29, 1.82) is 0 Å². The molecule has 7 heteroatoms. The Hall–Kier alpha value is -2.15. The first-order valence-electron chi connectivity index (χ1n) is 7.36. The van der Waals surface area contributed by atoms with Crippen molar-refractivity contribution in [2.45, 2.75) is 32.2 Å². The molecule has 1 amide bonds.